The van der Waals surface area contributed by atoms with Crippen LogP contribution in [0.3, 0.4) is 0 Å². The van der Waals surface area contributed by atoms with E-state index in [-0.39, 0.29) is 23.6 Å². The Morgan fingerprint density at radius 1 is 1.14 bits per heavy atom. The zero-order chi connectivity index (χ0) is 21.2. The molecule has 1 heterocycles. The molecule has 1 aromatic carbocycles. The van der Waals surface area contributed by atoms with E-state index in [1.165, 1.54) is 24.3 Å². The molecule has 1 aromatic rings. The number of nitrogens with one attached hydrogen (secondary N) is 2. The number of aromatic carboxylic acids is 1. The lowest BCUT2D eigenvalue weighted by molar-refractivity contribution is -0.148. The highest BCUT2D eigenvalue weighted by atomic mass is 16.4. The third kappa shape index (κ3) is 3.59. The van der Waals surface area contributed by atoms with Crippen LogP contribution in [0.5, 0.6) is 0 Å². The molecule has 1 aliphatic heterocycles. The number of carboxylic acids is 1. The smallest absolute Gasteiger partial charge is 0.336 e. The summed E-state index contributed by atoms with van der Waals surface area (Å²) in [5, 5.41) is 13.9. The minimum absolute atomic E-state index is 0.0881. The quantitative estimate of drug-likeness (QED) is 0.643. The van der Waals surface area contributed by atoms with Crippen LogP contribution >= 0.6 is 0 Å². The number of carbonyl (C=O) groups is 5. The van der Waals surface area contributed by atoms with Crippen molar-refractivity contribution < 1.29 is 29.1 Å². The van der Waals surface area contributed by atoms with Crippen LogP contribution in [0.15, 0.2) is 24.3 Å². The lowest BCUT2D eigenvalue weighted by Crippen LogP contribution is -2.75. The fourth-order valence-electron chi connectivity index (χ4n) is 3.97. The number of amides is 5. The van der Waals surface area contributed by atoms with E-state index >= 15 is 0 Å². The largest absolute Gasteiger partial charge is 0.478 e. The van der Waals surface area contributed by atoms with Crippen LogP contribution in [0.4, 0.5) is 4.79 Å². The van der Waals surface area contributed by atoms with Crippen LogP contribution in [0.2, 0.25) is 0 Å². The molecule has 1 aliphatic carbocycles. The number of rotatable bonds is 5. The molecule has 2 aliphatic rings. The van der Waals surface area contributed by atoms with Crippen LogP contribution < -0.4 is 10.6 Å². The Bertz CT molecular complexity index is 877. The third-order valence-electron chi connectivity index (χ3n) is 5.61. The normalized spacial score (nSPS) is 22.9. The highest BCUT2D eigenvalue weighted by Crippen LogP contribution is 2.29. The van der Waals surface area contributed by atoms with Crippen LogP contribution in [-0.2, 0) is 9.59 Å². The monoisotopic (exact) mass is 401 g/mol. The van der Waals surface area contributed by atoms with E-state index in [2.05, 4.69) is 10.6 Å². The Morgan fingerprint density at radius 2 is 1.76 bits per heavy atom. The predicted octanol–water partition coefficient (Wildman–Crippen LogP) is 1.67. The van der Waals surface area contributed by atoms with Gasteiger partial charge in [-0.1, -0.05) is 38.3 Å². The summed E-state index contributed by atoms with van der Waals surface area (Å²) in [7, 11) is 0. The summed E-state index contributed by atoms with van der Waals surface area (Å²) in [6.45, 7) is 1.55. The minimum atomic E-state index is -1.98. The number of nitrogens with zero attached hydrogens (tertiary/aromatic N) is 1. The van der Waals surface area contributed by atoms with E-state index in [1.54, 1.807) is 6.92 Å². The topological polar surface area (TPSA) is 133 Å². The van der Waals surface area contributed by atoms with E-state index in [0.29, 0.717) is 12.8 Å². The summed E-state index contributed by atoms with van der Waals surface area (Å²) in [6.07, 6.45) is 3.95. The number of carboxylic acid groups (broad SMARTS) is 1. The highest BCUT2D eigenvalue weighted by molar-refractivity contribution is 6.24. The van der Waals surface area contributed by atoms with E-state index < -0.39 is 35.3 Å². The molecule has 1 saturated heterocycles. The van der Waals surface area contributed by atoms with Gasteiger partial charge in [0.1, 0.15) is 0 Å². The van der Waals surface area contributed by atoms with Gasteiger partial charge in [0.15, 0.2) is 5.54 Å². The lowest BCUT2D eigenvalue weighted by atomic mass is 9.87. The number of hydrogen-bond donors (Lipinski definition) is 3. The Morgan fingerprint density at radius 3 is 2.34 bits per heavy atom. The van der Waals surface area contributed by atoms with Gasteiger partial charge >= 0.3 is 12.0 Å². The first-order valence-corrected chi connectivity index (χ1v) is 9.65. The van der Waals surface area contributed by atoms with Crippen molar-refractivity contribution in [3.8, 4) is 0 Å². The molecule has 1 unspecified atom stereocenters. The summed E-state index contributed by atoms with van der Waals surface area (Å²) in [5.74, 6) is -3.86. The average Bonchev–Trinajstić information content (AvgIpc) is 2.71. The van der Waals surface area contributed by atoms with Crippen LogP contribution in [-0.4, -0.2) is 51.3 Å². The average molecular weight is 401 g/mol. The van der Waals surface area contributed by atoms with Gasteiger partial charge in [-0.25, -0.2) is 9.59 Å². The summed E-state index contributed by atoms with van der Waals surface area (Å²) in [4.78, 5) is 63.7. The zero-order valence-corrected chi connectivity index (χ0v) is 16.1. The maximum atomic E-state index is 13.3. The molecule has 3 N–H and O–H groups in total. The standard InChI is InChI=1S/C20H23N3O6/c1-2-20(22-15(24)13-10-6-7-11-14(13)16(25)26)17(27)21-19(29)23(18(20)28)12-8-4-3-5-9-12/h6-7,10-12H,2-5,8-9H2,1H3,(H,22,24)(H,25,26)(H,21,27,29). The molecular weight excluding hydrogens is 378 g/mol. The SMILES string of the molecule is CCC1(NC(=O)c2ccccc2C(=O)O)C(=O)NC(=O)N(C2CCCCC2)C1=O. The van der Waals surface area contributed by atoms with Gasteiger partial charge in [-0.2, -0.15) is 0 Å². The molecule has 3 rings (SSSR count). The lowest BCUT2D eigenvalue weighted by Gasteiger charge is -2.43. The summed E-state index contributed by atoms with van der Waals surface area (Å²) < 4.78 is 0. The Hall–Kier alpha value is -3.23. The van der Waals surface area contributed by atoms with Crippen molar-refractivity contribution in [2.75, 3.05) is 0 Å². The van der Waals surface area contributed by atoms with Crippen molar-refractivity contribution in [1.82, 2.24) is 15.5 Å². The van der Waals surface area contributed by atoms with Gasteiger partial charge in [-0.3, -0.25) is 24.6 Å². The fourth-order valence-corrected chi connectivity index (χ4v) is 3.97. The molecule has 0 aromatic heterocycles. The second-order valence-corrected chi connectivity index (χ2v) is 7.29. The van der Waals surface area contributed by atoms with Gasteiger partial charge in [-0.05, 0) is 31.4 Å². The molecule has 0 bridgehead atoms. The fraction of sp³-hybridized carbons (Fsp3) is 0.450. The van der Waals surface area contributed by atoms with Crippen molar-refractivity contribution in [3.05, 3.63) is 35.4 Å². The molecular formula is C20H23N3O6. The minimum Gasteiger partial charge on any atom is -0.478 e. The first kappa shape index (κ1) is 20.5. The molecule has 1 saturated carbocycles. The number of benzene rings is 1. The van der Waals surface area contributed by atoms with E-state index in [0.717, 1.165) is 24.2 Å². The molecule has 0 spiro atoms. The first-order chi connectivity index (χ1) is 13.8. The number of imide groups is 2. The van der Waals surface area contributed by atoms with E-state index in [1.807, 2.05) is 0 Å². The number of barbiturate groups is 1. The summed E-state index contributed by atoms with van der Waals surface area (Å²) in [6, 6.07) is 4.40. The Labute approximate surface area is 167 Å². The Balaban J connectivity index is 1.95. The van der Waals surface area contributed by atoms with Crippen molar-refractivity contribution in [1.29, 1.82) is 0 Å². The molecule has 154 valence electrons. The highest BCUT2D eigenvalue weighted by Gasteiger charge is 2.55. The van der Waals surface area contributed by atoms with Crippen molar-refractivity contribution in [2.45, 2.75) is 57.0 Å². The van der Waals surface area contributed by atoms with Crippen molar-refractivity contribution >= 4 is 29.7 Å². The molecule has 5 amide bonds. The first-order valence-electron chi connectivity index (χ1n) is 9.65. The van der Waals surface area contributed by atoms with Crippen LogP contribution in [0.25, 0.3) is 0 Å². The van der Waals surface area contributed by atoms with E-state index in [4.69, 9.17) is 0 Å². The number of hydrogen-bond acceptors (Lipinski definition) is 5. The van der Waals surface area contributed by atoms with Gasteiger partial charge in [0.05, 0.1) is 11.1 Å². The molecule has 2 fully saturated rings. The van der Waals surface area contributed by atoms with Crippen molar-refractivity contribution in [2.24, 2.45) is 0 Å². The van der Waals surface area contributed by atoms with Gasteiger partial charge in [0, 0.05) is 6.04 Å². The van der Waals surface area contributed by atoms with Crippen molar-refractivity contribution in [3.63, 3.8) is 0 Å². The van der Waals surface area contributed by atoms with Crippen LogP contribution in [0.1, 0.15) is 66.2 Å². The second kappa shape index (κ2) is 8.02. The van der Waals surface area contributed by atoms with E-state index in [9.17, 15) is 29.1 Å². The second-order valence-electron chi connectivity index (χ2n) is 7.29. The van der Waals surface area contributed by atoms with Gasteiger partial charge in [-0.15, -0.1) is 0 Å². The summed E-state index contributed by atoms with van der Waals surface area (Å²) >= 11 is 0. The van der Waals surface area contributed by atoms with Crippen LogP contribution in [0, 0.1) is 0 Å². The summed E-state index contributed by atoms with van der Waals surface area (Å²) in [5.41, 5.74) is -2.40. The predicted molar refractivity (Wildman–Crippen MR) is 101 cm³/mol. The van der Waals surface area contributed by atoms with Gasteiger partial charge in [0.25, 0.3) is 17.7 Å². The number of carbonyl (C=O) groups excluding carboxylic acids is 4. The van der Waals surface area contributed by atoms with Gasteiger partial charge in [0.2, 0.25) is 0 Å². The molecule has 29 heavy (non-hydrogen) atoms. The molecule has 9 nitrogen and oxygen atoms in total. The Kier molecular flexibility index (Phi) is 5.67. The molecule has 1 atom stereocenters. The third-order valence-corrected chi connectivity index (χ3v) is 5.61. The maximum Gasteiger partial charge on any atom is 0.336 e. The molecule has 0 radical (unpaired) electrons. The van der Waals surface area contributed by atoms with Gasteiger partial charge < -0.3 is 10.4 Å². The molecule has 9 heteroatoms. The maximum absolute atomic E-state index is 13.3. The zero-order valence-electron chi connectivity index (χ0n) is 16.1. The number of urea groups is 1.